The van der Waals surface area contributed by atoms with E-state index in [1.807, 2.05) is 20.9 Å². The number of rotatable bonds is 4. The van der Waals surface area contributed by atoms with Crippen LogP contribution in [0.5, 0.6) is 0 Å². The van der Waals surface area contributed by atoms with Gasteiger partial charge >= 0.3 is 0 Å². The highest BCUT2D eigenvalue weighted by atomic mass is 16.1. The molecule has 3 heterocycles. The molecule has 0 unspecified atom stereocenters. The maximum atomic E-state index is 12.4. The molecular formula is C17H21N5O. The number of carbonyl (C=O) groups excluding carboxylic acids is 1. The van der Waals surface area contributed by atoms with E-state index in [9.17, 15) is 4.79 Å². The van der Waals surface area contributed by atoms with Crippen LogP contribution in [-0.4, -0.2) is 38.6 Å². The van der Waals surface area contributed by atoms with Crippen LogP contribution in [-0.2, 0) is 7.05 Å². The second-order valence-electron chi connectivity index (χ2n) is 5.88. The third-order valence-electron chi connectivity index (χ3n) is 4.23. The van der Waals surface area contributed by atoms with E-state index in [-0.39, 0.29) is 5.78 Å². The van der Waals surface area contributed by atoms with Crippen LogP contribution in [0.2, 0.25) is 0 Å². The first-order valence-electron chi connectivity index (χ1n) is 7.86. The Morgan fingerprint density at radius 3 is 2.39 bits per heavy atom. The lowest BCUT2D eigenvalue weighted by Crippen LogP contribution is -2.20. The van der Waals surface area contributed by atoms with Crippen LogP contribution in [0.4, 0.5) is 5.95 Å². The minimum Gasteiger partial charge on any atom is -0.341 e. The minimum atomic E-state index is -0.0447. The van der Waals surface area contributed by atoms with Gasteiger partial charge in [0.15, 0.2) is 5.78 Å². The Morgan fingerprint density at radius 2 is 1.83 bits per heavy atom. The lowest BCUT2D eigenvalue weighted by Gasteiger charge is -2.14. The summed E-state index contributed by atoms with van der Waals surface area (Å²) < 4.78 is 1.73. The van der Waals surface area contributed by atoms with Crippen LogP contribution >= 0.6 is 0 Å². The summed E-state index contributed by atoms with van der Waals surface area (Å²) in [5, 5.41) is 4.27. The van der Waals surface area contributed by atoms with Gasteiger partial charge in [-0.3, -0.25) is 9.48 Å². The number of hydrogen-bond donors (Lipinski definition) is 0. The number of ketones is 1. The molecule has 0 spiro atoms. The topological polar surface area (TPSA) is 63.9 Å². The van der Waals surface area contributed by atoms with Gasteiger partial charge in [0.05, 0.1) is 11.3 Å². The maximum Gasteiger partial charge on any atom is 0.225 e. The van der Waals surface area contributed by atoms with E-state index in [2.05, 4.69) is 20.0 Å². The molecular weight excluding hydrogens is 290 g/mol. The molecule has 120 valence electrons. The van der Waals surface area contributed by atoms with Gasteiger partial charge in [-0.1, -0.05) is 0 Å². The zero-order chi connectivity index (χ0) is 16.4. The molecule has 3 rings (SSSR count). The van der Waals surface area contributed by atoms with Crippen LogP contribution in [0.3, 0.4) is 0 Å². The van der Waals surface area contributed by atoms with Crippen molar-refractivity contribution in [3.8, 4) is 0 Å². The van der Waals surface area contributed by atoms with Crippen molar-refractivity contribution in [3.05, 3.63) is 41.0 Å². The summed E-state index contributed by atoms with van der Waals surface area (Å²) in [5.74, 6) is 0.724. The molecule has 1 saturated heterocycles. The van der Waals surface area contributed by atoms with Crippen molar-refractivity contribution in [2.75, 3.05) is 18.0 Å². The van der Waals surface area contributed by atoms with Crippen molar-refractivity contribution >= 4 is 17.8 Å². The molecule has 1 aliphatic heterocycles. The van der Waals surface area contributed by atoms with Gasteiger partial charge in [-0.2, -0.15) is 5.10 Å². The number of hydrogen-bond acceptors (Lipinski definition) is 5. The van der Waals surface area contributed by atoms with Gasteiger partial charge < -0.3 is 4.90 Å². The third-order valence-corrected chi connectivity index (χ3v) is 4.23. The van der Waals surface area contributed by atoms with Crippen molar-refractivity contribution in [2.24, 2.45) is 7.05 Å². The number of aromatic nitrogens is 4. The Labute approximate surface area is 135 Å². The quantitative estimate of drug-likeness (QED) is 0.640. The highest BCUT2D eigenvalue weighted by Crippen LogP contribution is 2.16. The van der Waals surface area contributed by atoms with Gasteiger partial charge in [0.25, 0.3) is 0 Å². The number of carbonyl (C=O) groups is 1. The predicted molar refractivity (Wildman–Crippen MR) is 89.5 cm³/mol. The molecule has 0 radical (unpaired) electrons. The summed E-state index contributed by atoms with van der Waals surface area (Å²) in [7, 11) is 1.84. The molecule has 2 aromatic heterocycles. The lowest BCUT2D eigenvalue weighted by molar-refractivity contribution is 0.104. The molecule has 0 amide bonds. The van der Waals surface area contributed by atoms with E-state index >= 15 is 0 Å². The van der Waals surface area contributed by atoms with Gasteiger partial charge in [0.2, 0.25) is 5.95 Å². The van der Waals surface area contributed by atoms with Crippen molar-refractivity contribution in [1.29, 1.82) is 0 Å². The summed E-state index contributed by atoms with van der Waals surface area (Å²) >= 11 is 0. The second kappa shape index (κ2) is 6.32. The van der Waals surface area contributed by atoms with Gasteiger partial charge in [0.1, 0.15) is 0 Å². The van der Waals surface area contributed by atoms with Crippen molar-refractivity contribution in [3.63, 3.8) is 0 Å². The van der Waals surface area contributed by atoms with E-state index in [1.165, 1.54) is 12.8 Å². The molecule has 0 bridgehead atoms. The fraction of sp³-hybridized carbons (Fsp3) is 0.412. The zero-order valence-electron chi connectivity index (χ0n) is 13.8. The second-order valence-corrected chi connectivity index (χ2v) is 5.88. The fourth-order valence-electron chi connectivity index (χ4n) is 2.88. The molecule has 0 N–H and O–H groups in total. The van der Waals surface area contributed by atoms with Crippen LogP contribution in [0, 0.1) is 13.8 Å². The molecule has 0 atom stereocenters. The van der Waals surface area contributed by atoms with Gasteiger partial charge in [-0.25, -0.2) is 9.97 Å². The first-order valence-corrected chi connectivity index (χ1v) is 7.86. The average molecular weight is 311 g/mol. The minimum absolute atomic E-state index is 0.0447. The summed E-state index contributed by atoms with van der Waals surface area (Å²) in [6.07, 6.45) is 9.22. The molecule has 0 aliphatic carbocycles. The van der Waals surface area contributed by atoms with E-state index in [1.54, 1.807) is 29.2 Å². The summed E-state index contributed by atoms with van der Waals surface area (Å²) in [6, 6.07) is 0. The highest BCUT2D eigenvalue weighted by molar-refractivity contribution is 6.08. The molecule has 6 heteroatoms. The monoisotopic (exact) mass is 311 g/mol. The predicted octanol–water partition coefficient (Wildman–Crippen LogP) is 2.32. The number of aryl methyl sites for hydroxylation is 2. The lowest BCUT2D eigenvalue weighted by atomic mass is 10.1. The maximum absolute atomic E-state index is 12.4. The zero-order valence-corrected chi connectivity index (χ0v) is 13.8. The first kappa shape index (κ1) is 15.4. The summed E-state index contributed by atoms with van der Waals surface area (Å²) in [5.41, 5.74) is 3.11. The molecule has 6 nitrogen and oxygen atoms in total. The van der Waals surface area contributed by atoms with Crippen molar-refractivity contribution in [1.82, 2.24) is 19.7 Å². The number of allylic oxidation sites excluding steroid dienone is 1. The summed E-state index contributed by atoms with van der Waals surface area (Å²) in [6.45, 7) is 5.79. The molecule has 0 saturated carbocycles. The fourth-order valence-corrected chi connectivity index (χ4v) is 2.88. The molecule has 0 aromatic carbocycles. The SMILES string of the molecule is Cc1nn(C)c(C)c1C(=O)/C=C/c1cnc(N2CCCC2)nc1. The Kier molecular flexibility index (Phi) is 4.23. The smallest absolute Gasteiger partial charge is 0.225 e. The van der Waals surface area contributed by atoms with Gasteiger partial charge in [-0.05, 0) is 38.8 Å². The van der Waals surface area contributed by atoms with Crippen LogP contribution in [0.1, 0.15) is 40.2 Å². The van der Waals surface area contributed by atoms with E-state index in [0.717, 1.165) is 36.0 Å². The van der Waals surface area contributed by atoms with E-state index in [0.29, 0.717) is 5.56 Å². The van der Waals surface area contributed by atoms with Gasteiger partial charge in [0, 0.05) is 43.8 Å². The number of nitrogens with zero attached hydrogens (tertiary/aromatic N) is 5. The largest absolute Gasteiger partial charge is 0.341 e. The Morgan fingerprint density at radius 1 is 1.17 bits per heavy atom. The van der Waals surface area contributed by atoms with E-state index in [4.69, 9.17) is 0 Å². The molecule has 2 aromatic rings. The molecule has 1 fully saturated rings. The Balaban J connectivity index is 1.73. The molecule has 1 aliphatic rings. The van der Waals surface area contributed by atoms with Crippen LogP contribution in [0.15, 0.2) is 18.5 Å². The highest BCUT2D eigenvalue weighted by Gasteiger charge is 2.15. The van der Waals surface area contributed by atoms with Crippen molar-refractivity contribution in [2.45, 2.75) is 26.7 Å². The first-order chi connectivity index (χ1) is 11.1. The normalized spacial score (nSPS) is 14.8. The Bertz CT molecular complexity index is 739. The standard InChI is InChI=1S/C17H21N5O/c1-12-16(13(2)21(3)20-12)15(23)7-6-14-10-18-17(19-11-14)22-8-4-5-9-22/h6-7,10-11H,4-5,8-9H2,1-3H3/b7-6+. The van der Waals surface area contributed by atoms with Crippen LogP contribution in [0.25, 0.3) is 6.08 Å². The number of anilines is 1. The van der Waals surface area contributed by atoms with E-state index < -0.39 is 0 Å². The Hall–Kier alpha value is -2.50. The van der Waals surface area contributed by atoms with Crippen molar-refractivity contribution < 1.29 is 4.79 Å². The molecule has 23 heavy (non-hydrogen) atoms. The summed E-state index contributed by atoms with van der Waals surface area (Å²) in [4.78, 5) is 23.3. The van der Waals surface area contributed by atoms with Gasteiger partial charge in [-0.15, -0.1) is 0 Å². The third kappa shape index (κ3) is 3.16. The average Bonchev–Trinajstić information content (AvgIpc) is 3.15. The van der Waals surface area contributed by atoms with Crippen LogP contribution < -0.4 is 4.90 Å².